The average molecular weight is 308 g/mol. The molecular formula is C9H16N4O8. The Morgan fingerprint density at radius 1 is 0.667 bits per heavy atom. The molecule has 0 aromatic heterocycles. The highest BCUT2D eigenvalue weighted by Gasteiger charge is 2.06. The average Bonchev–Trinajstić information content (AvgIpc) is 2.46. The van der Waals surface area contributed by atoms with Crippen LogP contribution < -0.4 is 21.3 Å². The van der Waals surface area contributed by atoms with Crippen LogP contribution in [-0.4, -0.2) is 58.7 Å². The summed E-state index contributed by atoms with van der Waals surface area (Å²) in [7, 11) is 2.32. The van der Waals surface area contributed by atoms with Gasteiger partial charge in [0.15, 0.2) is 0 Å². The molecule has 0 unspecified atom stereocenters. The van der Waals surface area contributed by atoms with Crippen LogP contribution >= 0.6 is 0 Å². The van der Waals surface area contributed by atoms with E-state index in [9.17, 15) is 19.2 Å². The van der Waals surface area contributed by atoms with Crippen molar-refractivity contribution in [3.63, 3.8) is 0 Å². The normalized spacial score (nSPS) is 8.86. The van der Waals surface area contributed by atoms with Crippen LogP contribution in [0.2, 0.25) is 0 Å². The van der Waals surface area contributed by atoms with Gasteiger partial charge in [-0.2, -0.15) is 0 Å². The third-order valence-corrected chi connectivity index (χ3v) is 1.68. The summed E-state index contributed by atoms with van der Waals surface area (Å²) in [5.41, 5.74) is 0. The first-order valence-electron chi connectivity index (χ1n) is 5.44. The highest BCUT2D eigenvalue weighted by molar-refractivity contribution is 5.71. The van der Waals surface area contributed by atoms with Gasteiger partial charge in [0.2, 0.25) is 6.79 Å². The maximum Gasteiger partial charge on any atom is 0.411 e. The van der Waals surface area contributed by atoms with Gasteiger partial charge in [-0.3, -0.25) is 0 Å². The van der Waals surface area contributed by atoms with E-state index in [4.69, 9.17) is 0 Å². The summed E-state index contributed by atoms with van der Waals surface area (Å²) in [6.07, 6.45) is -3.31. The van der Waals surface area contributed by atoms with E-state index < -0.39 is 31.2 Å². The topological polar surface area (TPSA) is 153 Å². The van der Waals surface area contributed by atoms with Crippen molar-refractivity contribution in [2.75, 3.05) is 34.3 Å². The first-order chi connectivity index (χ1) is 9.99. The lowest BCUT2D eigenvalue weighted by Crippen LogP contribution is -2.39. The van der Waals surface area contributed by atoms with Crippen LogP contribution in [-0.2, 0) is 18.9 Å². The Kier molecular flexibility index (Phi) is 9.43. The summed E-state index contributed by atoms with van der Waals surface area (Å²) in [6, 6.07) is 0. The van der Waals surface area contributed by atoms with E-state index in [0.29, 0.717) is 0 Å². The second-order valence-corrected chi connectivity index (χ2v) is 3.03. The molecule has 0 aromatic rings. The molecule has 0 atom stereocenters. The molecule has 4 N–H and O–H groups in total. The van der Waals surface area contributed by atoms with E-state index in [-0.39, 0.29) is 13.3 Å². The zero-order chi connectivity index (χ0) is 16.1. The summed E-state index contributed by atoms with van der Waals surface area (Å²) < 4.78 is 17.4. The predicted octanol–water partition coefficient (Wildman–Crippen LogP) is -0.977. The minimum atomic E-state index is -0.924. The fraction of sp³-hybridized carbons (Fsp3) is 0.556. The van der Waals surface area contributed by atoms with Crippen molar-refractivity contribution >= 4 is 24.4 Å². The Hall–Kier alpha value is -2.92. The van der Waals surface area contributed by atoms with Gasteiger partial charge in [0.05, 0.1) is 27.6 Å². The van der Waals surface area contributed by atoms with E-state index in [1.165, 1.54) is 0 Å². The number of methoxy groups -OCH3 is 2. The fourth-order valence-electron chi connectivity index (χ4n) is 0.760. The maximum absolute atomic E-state index is 11.0. The van der Waals surface area contributed by atoms with Gasteiger partial charge in [-0.15, -0.1) is 0 Å². The molecule has 0 aliphatic carbocycles. The molecule has 0 fully saturated rings. The van der Waals surface area contributed by atoms with E-state index in [0.717, 1.165) is 14.2 Å². The first kappa shape index (κ1) is 18.1. The molecule has 120 valence electrons. The largest absolute Gasteiger partial charge is 0.453 e. The van der Waals surface area contributed by atoms with Crippen molar-refractivity contribution in [3.8, 4) is 0 Å². The van der Waals surface area contributed by atoms with Gasteiger partial charge in [0.1, 0.15) is 0 Å². The summed E-state index contributed by atoms with van der Waals surface area (Å²) in [5, 5.41) is 8.58. The van der Waals surface area contributed by atoms with Crippen molar-refractivity contribution in [2.24, 2.45) is 0 Å². The molecule has 0 radical (unpaired) electrons. The number of carbonyl (C=O) groups excluding carboxylic acids is 4. The SMILES string of the molecule is COC(=O)NCNC(=O)OCOC(=O)NCNC(=O)OC. The highest BCUT2D eigenvalue weighted by Crippen LogP contribution is 1.82. The quantitative estimate of drug-likeness (QED) is 0.361. The van der Waals surface area contributed by atoms with Crippen LogP contribution in [0, 0.1) is 0 Å². The van der Waals surface area contributed by atoms with Crippen LogP contribution in [0.1, 0.15) is 0 Å². The summed E-state index contributed by atoms with van der Waals surface area (Å²) in [6.45, 7) is -1.10. The Balaban J connectivity index is 3.55. The molecule has 0 spiro atoms. The van der Waals surface area contributed by atoms with E-state index in [2.05, 4.69) is 40.2 Å². The third-order valence-electron chi connectivity index (χ3n) is 1.68. The van der Waals surface area contributed by atoms with Gasteiger partial charge in [0, 0.05) is 0 Å². The number of nitrogens with one attached hydrogen (secondary N) is 4. The lowest BCUT2D eigenvalue weighted by Gasteiger charge is -2.09. The van der Waals surface area contributed by atoms with Crippen molar-refractivity contribution in [1.29, 1.82) is 0 Å². The Morgan fingerprint density at radius 2 is 1.00 bits per heavy atom. The number of ether oxygens (including phenoxy) is 4. The molecule has 0 aromatic carbocycles. The lowest BCUT2D eigenvalue weighted by molar-refractivity contribution is 0.0242. The summed E-state index contributed by atoms with van der Waals surface area (Å²) in [5.74, 6) is 0. The minimum Gasteiger partial charge on any atom is -0.453 e. The summed E-state index contributed by atoms with van der Waals surface area (Å²) in [4.78, 5) is 43.3. The molecule has 0 saturated heterocycles. The molecule has 0 aliphatic rings. The van der Waals surface area contributed by atoms with Gasteiger partial charge in [0.25, 0.3) is 0 Å². The first-order valence-corrected chi connectivity index (χ1v) is 5.44. The Morgan fingerprint density at radius 3 is 1.33 bits per heavy atom. The predicted molar refractivity (Wildman–Crippen MR) is 64.9 cm³/mol. The molecule has 0 rings (SSSR count). The van der Waals surface area contributed by atoms with Crippen molar-refractivity contribution in [3.05, 3.63) is 0 Å². The molecule has 21 heavy (non-hydrogen) atoms. The fourth-order valence-corrected chi connectivity index (χ4v) is 0.760. The molecule has 0 heterocycles. The van der Waals surface area contributed by atoms with Crippen LogP contribution in [0.5, 0.6) is 0 Å². The van der Waals surface area contributed by atoms with Gasteiger partial charge in [-0.1, -0.05) is 0 Å². The number of hydrogen-bond acceptors (Lipinski definition) is 8. The Bertz CT molecular complexity index is 341. The van der Waals surface area contributed by atoms with E-state index >= 15 is 0 Å². The molecule has 12 nitrogen and oxygen atoms in total. The standard InChI is InChI=1S/C9H16N4O8/c1-18-6(14)10-3-12-8(16)20-5-21-9(17)13-4-11-7(15)19-2/h3-5H2,1-2H3,(H,10,14)(H,11,15)(H,12,16)(H,13,17). The van der Waals surface area contributed by atoms with Gasteiger partial charge in [-0.05, 0) is 0 Å². The lowest BCUT2D eigenvalue weighted by atomic mass is 10.9. The number of carbonyl (C=O) groups is 4. The molecule has 0 saturated carbocycles. The maximum atomic E-state index is 11.0. The van der Waals surface area contributed by atoms with E-state index in [1.807, 2.05) is 0 Å². The zero-order valence-electron chi connectivity index (χ0n) is 11.4. The zero-order valence-corrected chi connectivity index (χ0v) is 11.4. The van der Waals surface area contributed by atoms with Crippen LogP contribution in [0.4, 0.5) is 19.2 Å². The van der Waals surface area contributed by atoms with Crippen LogP contribution in [0.25, 0.3) is 0 Å². The van der Waals surface area contributed by atoms with Crippen molar-refractivity contribution in [1.82, 2.24) is 21.3 Å². The van der Waals surface area contributed by atoms with E-state index in [1.54, 1.807) is 0 Å². The molecule has 0 aliphatic heterocycles. The smallest absolute Gasteiger partial charge is 0.411 e. The molecule has 12 heteroatoms. The van der Waals surface area contributed by atoms with Crippen molar-refractivity contribution in [2.45, 2.75) is 0 Å². The second-order valence-electron chi connectivity index (χ2n) is 3.03. The second kappa shape index (κ2) is 11.0. The number of rotatable bonds is 6. The monoisotopic (exact) mass is 308 g/mol. The van der Waals surface area contributed by atoms with Gasteiger partial charge < -0.3 is 40.2 Å². The van der Waals surface area contributed by atoms with Crippen molar-refractivity contribution < 1.29 is 38.1 Å². The van der Waals surface area contributed by atoms with Gasteiger partial charge >= 0.3 is 24.4 Å². The highest BCUT2D eigenvalue weighted by atomic mass is 16.7. The molecular weight excluding hydrogens is 292 g/mol. The number of amides is 4. The molecule has 0 bridgehead atoms. The van der Waals surface area contributed by atoms with Crippen LogP contribution in [0.15, 0.2) is 0 Å². The van der Waals surface area contributed by atoms with Gasteiger partial charge in [-0.25, -0.2) is 19.2 Å². The summed E-state index contributed by atoms with van der Waals surface area (Å²) >= 11 is 0. The number of hydrogen-bond donors (Lipinski definition) is 4. The van der Waals surface area contributed by atoms with Crippen LogP contribution in [0.3, 0.4) is 0 Å². The number of alkyl carbamates (subject to hydrolysis) is 4. The molecule has 4 amide bonds. The Labute approximate surface area is 119 Å². The minimum absolute atomic E-state index is 0.221. The third kappa shape index (κ3) is 10.7.